The summed E-state index contributed by atoms with van der Waals surface area (Å²) >= 11 is 1.65. The molecule has 0 aliphatic rings. The van der Waals surface area contributed by atoms with E-state index in [2.05, 4.69) is 6.07 Å². The van der Waals surface area contributed by atoms with E-state index < -0.39 is 0 Å². The summed E-state index contributed by atoms with van der Waals surface area (Å²) < 4.78 is 4.93. The van der Waals surface area contributed by atoms with E-state index in [-0.39, 0.29) is 0 Å². The molecule has 0 radical (unpaired) electrons. The number of benzene rings is 1. The second kappa shape index (κ2) is 5.63. The van der Waals surface area contributed by atoms with Crippen molar-refractivity contribution in [1.29, 1.82) is 5.26 Å². The Bertz CT molecular complexity index is 306. The standard InChI is InChI=1S/C10H11NOS/c1-12-6-7-13-10-5-3-2-4-9(10)8-11/h2-5H,6-7H2,1H3. The van der Waals surface area contributed by atoms with E-state index in [1.165, 1.54) is 0 Å². The van der Waals surface area contributed by atoms with Crippen molar-refractivity contribution in [2.45, 2.75) is 4.90 Å². The van der Waals surface area contributed by atoms with E-state index in [0.29, 0.717) is 6.61 Å². The number of thioether (sulfide) groups is 1. The van der Waals surface area contributed by atoms with Gasteiger partial charge in [-0.1, -0.05) is 12.1 Å². The summed E-state index contributed by atoms with van der Waals surface area (Å²) in [6, 6.07) is 9.76. The molecule has 0 aliphatic heterocycles. The lowest BCUT2D eigenvalue weighted by molar-refractivity contribution is 0.218. The summed E-state index contributed by atoms with van der Waals surface area (Å²) in [5, 5.41) is 8.78. The first-order valence-electron chi connectivity index (χ1n) is 3.99. The zero-order valence-corrected chi connectivity index (χ0v) is 8.30. The monoisotopic (exact) mass is 193 g/mol. The van der Waals surface area contributed by atoms with E-state index in [1.54, 1.807) is 18.9 Å². The van der Waals surface area contributed by atoms with Crippen LogP contribution in [0.25, 0.3) is 0 Å². The van der Waals surface area contributed by atoms with Gasteiger partial charge in [-0.15, -0.1) is 11.8 Å². The SMILES string of the molecule is COCCSc1ccccc1C#N. The summed E-state index contributed by atoms with van der Waals surface area (Å²) in [6.45, 7) is 0.713. The third-order valence-corrected chi connectivity index (χ3v) is 2.59. The molecule has 0 saturated carbocycles. The maximum absolute atomic E-state index is 8.78. The smallest absolute Gasteiger partial charge is 0.100 e. The lowest BCUT2D eigenvalue weighted by Gasteiger charge is -2.01. The van der Waals surface area contributed by atoms with Crippen LogP contribution in [0.1, 0.15) is 5.56 Å². The molecule has 68 valence electrons. The van der Waals surface area contributed by atoms with Crippen molar-refractivity contribution in [2.24, 2.45) is 0 Å². The fourth-order valence-electron chi connectivity index (χ4n) is 0.920. The summed E-state index contributed by atoms with van der Waals surface area (Å²) in [4.78, 5) is 1.03. The van der Waals surface area contributed by atoms with E-state index in [0.717, 1.165) is 16.2 Å². The Balaban J connectivity index is 2.60. The van der Waals surface area contributed by atoms with Crippen LogP contribution >= 0.6 is 11.8 Å². The third-order valence-electron chi connectivity index (χ3n) is 1.55. The minimum atomic E-state index is 0.713. The van der Waals surface area contributed by atoms with Crippen LogP contribution in [0.15, 0.2) is 29.2 Å². The molecule has 0 bridgehead atoms. The molecule has 0 amide bonds. The molecule has 13 heavy (non-hydrogen) atoms. The third kappa shape index (κ3) is 3.10. The van der Waals surface area contributed by atoms with E-state index >= 15 is 0 Å². The van der Waals surface area contributed by atoms with Crippen LogP contribution in [-0.4, -0.2) is 19.5 Å². The van der Waals surface area contributed by atoms with Crippen LogP contribution < -0.4 is 0 Å². The topological polar surface area (TPSA) is 33.0 Å². The second-order valence-corrected chi connectivity index (χ2v) is 3.59. The van der Waals surface area contributed by atoms with Gasteiger partial charge in [-0.05, 0) is 12.1 Å². The lowest BCUT2D eigenvalue weighted by Crippen LogP contribution is -1.91. The van der Waals surface area contributed by atoms with E-state index in [1.807, 2.05) is 24.3 Å². The number of methoxy groups -OCH3 is 1. The number of rotatable bonds is 4. The first-order chi connectivity index (χ1) is 6.38. The molecule has 2 nitrogen and oxygen atoms in total. The Morgan fingerprint density at radius 2 is 2.23 bits per heavy atom. The molecule has 0 fully saturated rings. The largest absolute Gasteiger partial charge is 0.384 e. The fraction of sp³-hybridized carbons (Fsp3) is 0.300. The first-order valence-corrected chi connectivity index (χ1v) is 4.98. The fourth-order valence-corrected chi connectivity index (χ4v) is 1.83. The highest BCUT2D eigenvalue weighted by atomic mass is 32.2. The molecule has 3 heteroatoms. The summed E-state index contributed by atoms with van der Waals surface area (Å²) in [5.74, 6) is 0.884. The molecule has 1 aromatic rings. The molecular formula is C10H11NOS. The molecule has 0 saturated heterocycles. The van der Waals surface area contributed by atoms with Gasteiger partial charge in [-0.2, -0.15) is 5.26 Å². The van der Waals surface area contributed by atoms with Crippen molar-refractivity contribution in [1.82, 2.24) is 0 Å². The molecule has 0 atom stereocenters. The highest BCUT2D eigenvalue weighted by Crippen LogP contribution is 2.21. The van der Waals surface area contributed by atoms with Gasteiger partial charge in [0, 0.05) is 17.8 Å². The second-order valence-electron chi connectivity index (χ2n) is 2.45. The number of ether oxygens (including phenoxy) is 1. The number of nitrogens with zero attached hydrogens (tertiary/aromatic N) is 1. The zero-order chi connectivity index (χ0) is 9.52. The van der Waals surface area contributed by atoms with Gasteiger partial charge < -0.3 is 4.74 Å². The minimum absolute atomic E-state index is 0.713. The van der Waals surface area contributed by atoms with Crippen LogP contribution in [0.5, 0.6) is 0 Å². The van der Waals surface area contributed by atoms with Crippen molar-refractivity contribution in [3.8, 4) is 6.07 Å². The van der Waals surface area contributed by atoms with Gasteiger partial charge in [0.2, 0.25) is 0 Å². The predicted octanol–water partition coefficient (Wildman–Crippen LogP) is 2.30. The van der Waals surface area contributed by atoms with Crippen molar-refractivity contribution in [3.05, 3.63) is 29.8 Å². The number of hydrogen-bond donors (Lipinski definition) is 0. The van der Waals surface area contributed by atoms with Gasteiger partial charge in [-0.3, -0.25) is 0 Å². The maximum Gasteiger partial charge on any atom is 0.100 e. The van der Waals surface area contributed by atoms with Crippen molar-refractivity contribution in [2.75, 3.05) is 19.5 Å². The Morgan fingerprint density at radius 1 is 1.46 bits per heavy atom. The summed E-state index contributed by atoms with van der Waals surface area (Å²) in [7, 11) is 1.68. The van der Waals surface area contributed by atoms with Crippen molar-refractivity contribution < 1.29 is 4.74 Å². The molecule has 1 rings (SSSR count). The van der Waals surface area contributed by atoms with E-state index in [4.69, 9.17) is 10.00 Å². The van der Waals surface area contributed by atoms with Crippen LogP contribution in [0.2, 0.25) is 0 Å². The Morgan fingerprint density at radius 3 is 2.92 bits per heavy atom. The van der Waals surface area contributed by atoms with Gasteiger partial charge in [0.15, 0.2) is 0 Å². The molecule has 0 spiro atoms. The number of hydrogen-bond acceptors (Lipinski definition) is 3. The Labute approximate surface area is 82.5 Å². The quantitative estimate of drug-likeness (QED) is 0.543. The summed E-state index contributed by atoms with van der Waals surface area (Å²) in [6.07, 6.45) is 0. The zero-order valence-electron chi connectivity index (χ0n) is 7.49. The molecule has 0 aliphatic carbocycles. The first kappa shape index (κ1) is 10.1. The van der Waals surface area contributed by atoms with Gasteiger partial charge in [0.25, 0.3) is 0 Å². The molecule has 0 N–H and O–H groups in total. The Hall–Kier alpha value is -0.980. The van der Waals surface area contributed by atoms with Gasteiger partial charge in [0.05, 0.1) is 12.2 Å². The maximum atomic E-state index is 8.78. The van der Waals surface area contributed by atoms with Crippen LogP contribution in [0.3, 0.4) is 0 Å². The normalized spacial score (nSPS) is 9.54. The van der Waals surface area contributed by atoms with Crippen LogP contribution in [0, 0.1) is 11.3 Å². The van der Waals surface area contributed by atoms with Crippen molar-refractivity contribution >= 4 is 11.8 Å². The molecule has 0 aromatic heterocycles. The molecule has 0 heterocycles. The Kier molecular flexibility index (Phi) is 4.37. The van der Waals surface area contributed by atoms with Gasteiger partial charge in [0.1, 0.15) is 6.07 Å². The predicted molar refractivity (Wildman–Crippen MR) is 53.8 cm³/mol. The molecule has 0 unspecified atom stereocenters. The molecular weight excluding hydrogens is 182 g/mol. The van der Waals surface area contributed by atoms with Crippen molar-refractivity contribution in [3.63, 3.8) is 0 Å². The van der Waals surface area contributed by atoms with Crippen LogP contribution in [0.4, 0.5) is 0 Å². The highest BCUT2D eigenvalue weighted by Gasteiger charge is 1.99. The number of nitriles is 1. The summed E-state index contributed by atoms with van der Waals surface area (Å²) in [5.41, 5.74) is 0.739. The van der Waals surface area contributed by atoms with Gasteiger partial charge in [-0.25, -0.2) is 0 Å². The highest BCUT2D eigenvalue weighted by molar-refractivity contribution is 7.99. The minimum Gasteiger partial charge on any atom is -0.384 e. The average molecular weight is 193 g/mol. The van der Waals surface area contributed by atoms with Crippen LogP contribution in [-0.2, 0) is 4.74 Å². The van der Waals surface area contributed by atoms with Gasteiger partial charge >= 0.3 is 0 Å². The molecule has 1 aromatic carbocycles. The average Bonchev–Trinajstić information content (AvgIpc) is 2.19. The lowest BCUT2D eigenvalue weighted by atomic mass is 10.2. The van der Waals surface area contributed by atoms with E-state index in [9.17, 15) is 0 Å².